The molecule has 0 unspecified atom stereocenters. The van der Waals surface area contributed by atoms with Gasteiger partial charge in [-0.15, -0.1) is 0 Å². The van der Waals surface area contributed by atoms with Crippen molar-refractivity contribution in [3.63, 3.8) is 0 Å². The Kier molecular flexibility index (Phi) is 6.27. The van der Waals surface area contributed by atoms with Crippen LogP contribution in [0.1, 0.15) is 23.9 Å². The SMILES string of the molecule is Cc1nn(-c2ccccc2)c(C)c1CNC(=O)[C@@H](C)Oc1ccc(Cl)cc1Cl. The maximum absolute atomic E-state index is 12.5. The number of hydrogen-bond donors (Lipinski definition) is 1. The van der Waals surface area contributed by atoms with Crippen LogP contribution < -0.4 is 10.1 Å². The smallest absolute Gasteiger partial charge is 0.261 e. The molecule has 5 nitrogen and oxygen atoms in total. The second-order valence-corrected chi connectivity index (χ2v) is 7.29. The molecule has 1 amide bonds. The molecule has 28 heavy (non-hydrogen) atoms. The van der Waals surface area contributed by atoms with Gasteiger partial charge in [-0.05, 0) is 51.1 Å². The minimum Gasteiger partial charge on any atom is -0.479 e. The molecule has 1 aromatic heterocycles. The quantitative estimate of drug-likeness (QED) is 0.621. The zero-order chi connectivity index (χ0) is 20.3. The number of para-hydroxylation sites is 1. The lowest BCUT2D eigenvalue weighted by Crippen LogP contribution is -2.36. The third-order valence-electron chi connectivity index (χ3n) is 4.45. The Morgan fingerprint density at radius 1 is 1.18 bits per heavy atom. The molecule has 0 saturated heterocycles. The highest BCUT2D eigenvalue weighted by molar-refractivity contribution is 6.35. The summed E-state index contributed by atoms with van der Waals surface area (Å²) >= 11 is 12.0. The summed E-state index contributed by atoms with van der Waals surface area (Å²) in [6.07, 6.45) is -0.705. The summed E-state index contributed by atoms with van der Waals surface area (Å²) in [7, 11) is 0. The van der Waals surface area contributed by atoms with Crippen LogP contribution in [0.4, 0.5) is 0 Å². The van der Waals surface area contributed by atoms with Gasteiger partial charge in [-0.25, -0.2) is 4.68 Å². The maximum Gasteiger partial charge on any atom is 0.261 e. The number of aromatic nitrogens is 2. The molecule has 1 N–H and O–H groups in total. The summed E-state index contributed by atoms with van der Waals surface area (Å²) in [5, 5.41) is 8.38. The minimum atomic E-state index is -0.705. The average Bonchev–Trinajstić information content (AvgIpc) is 2.96. The predicted octanol–water partition coefficient (Wildman–Crippen LogP) is 4.88. The number of carbonyl (C=O) groups is 1. The van der Waals surface area contributed by atoms with Gasteiger partial charge in [-0.3, -0.25) is 4.79 Å². The fourth-order valence-electron chi connectivity index (χ4n) is 2.89. The molecule has 0 aliphatic rings. The Balaban J connectivity index is 1.67. The molecule has 0 bridgehead atoms. The second-order valence-electron chi connectivity index (χ2n) is 6.45. The van der Waals surface area contributed by atoms with Crippen LogP contribution >= 0.6 is 23.2 Å². The van der Waals surface area contributed by atoms with E-state index in [0.29, 0.717) is 22.3 Å². The Morgan fingerprint density at radius 3 is 2.57 bits per heavy atom. The zero-order valence-electron chi connectivity index (χ0n) is 15.9. The average molecular weight is 418 g/mol. The largest absolute Gasteiger partial charge is 0.479 e. The van der Waals surface area contributed by atoms with Crippen molar-refractivity contribution in [2.45, 2.75) is 33.4 Å². The number of carbonyl (C=O) groups excluding carboxylic acids is 1. The van der Waals surface area contributed by atoms with Crippen molar-refractivity contribution in [1.82, 2.24) is 15.1 Å². The van der Waals surface area contributed by atoms with Gasteiger partial charge in [-0.2, -0.15) is 5.10 Å². The van der Waals surface area contributed by atoms with E-state index in [0.717, 1.165) is 22.6 Å². The van der Waals surface area contributed by atoms with Crippen molar-refractivity contribution < 1.29 is 9.53 Å². The van der Waals surface area contributed by atoms with Gasteiger partial charge in [-0.1, -0.05) is 41.4 Å². The van der Waals surface area contributed by atoms with Crippen molar-refractivity contribution in [3.05, 3.63) is 75.5 Å². The molecule has 3 rings (SSSR count). The minimum absolute atomic E-state index is 0.239. The summed E-state index contributed by atoms with van der Waals surface area (Å²) in [4.78, 5) is 12.5. The lowest BCUT2D eigenvalue weighted by Gasteiger charge is -2.16. The maximum atomic E-state index is 12.5. The van der Waals surface area contributed by atoms with E-state index >= 15 is 0 Å². The summed E-state index contributed by atoms with van der Waals surface area (Å²) in [6, 6.07) is 14.8. The van der Waals surface area contributed by atoms with E-state index in [1.807, 2.05) is 48.9 Å². The van der Waals surface area contributed by atoms with E-state index in [2.05, 4.69) is 10.4 Å². The van der Waals surface area contributed by atoms with Gasteiger partial charge in [0.05, 0.1) is 16.4 Å². The molecule has 3 aromatic rings. The highest BCUT2D eigenvalue weighted by atomic mass is 35.5. The van der Waals surface area contributed by atoms with E-state index in [9.17, 15) is 4.79 Å². The molecule has 2 aromatic carbocycles. The number of amides is 1. The van der Waals surface area contributed by atoms with E-state index in [1.54, 1.807) is 25.1 Å². The number of ether oxygens (including phenoxy) is 1. The topological polar surface area (TPSA) is 56.2 Å². The number of hydrogen-bond acceptors (Lipinski definition) is 3. The first kappa shape index (κ1) is 20.2. The molecule has 0 aliphatic carbocycles. The van der Waals surface area contributed by atoms with Gasteiger partial charge < -0.3 is 10.1 Å². The molecular weight excluding hydrogens is 397 g/mol. The van der Waals surface area contributed by atoms with Crippen LogP contribution in [0.5, 0.6) is 5.75 Å². The van der Waals surface area contributed by atoms with Crippen molar-refractivity contribution >= 4 is 29.1 Å². The standard InChI is InChI=1S/C21H21Cl2N3O2/c1-13-18(14(2)26(25-13)17-7-5-4-6-8-17)12-24-21(27)15(3)28-20-10-9-16(22)11-19(20)23/h4-11,15H,12H2,1-3H3,(H,24,27)/t15-/m1/s1. The Labute approximate surface area is 174 Å². The van der Waals surface area contributed by atoms with Crippen LogP contribution in [0.3, 0.4) is 0 Å². The predicted molar refractivity (Wildman–Crippen MR) is 111 cm³/mol. The fraction of sp³-hybridized carbons (Fsp3) is 0.238. The van der Waals surface area contributed by atoms with Crippen molar-refractivity contribution in [2.24, 2.45) is 0 Å². The van der Waals surface area contributed by atoms with E-state index < -0.39 is 6.10 Å². The number of rotatable bonds is 6. The van der Waals surface area contributed by atoms with E-state index in [4.69, 9.17) is 27.9 Å². The van der Waals surface area contributed by atoms with Gasteiger partial charge in [0.15, 0.2) is 6.10 Å². The molecule has 0 spiro atoms. The molecule has 146 valence electrons. The molecule has 7 heteroatoms. The highest BCUT2D eigenvalue weighted by Gasteiger charge is 2.18. The number of halogens is 2. The molecule has 1 heterocycles. The number of nitrogens with one attached hydrogen (secondary N) is 1. The van der Waals surface area contributed by atoms with Gasteiger partial charge in [0.2, 0.25) is 0 Å². The normalized spacial score (nSPS) is 11.9. The van der Waals surface area contributed by atoms with Gasteiger partial charge >= 0.3 is 0 Å². The molecule has 0 fully saturated rings. The van der Waals surface area contributed by atoms with Crippen LogP contribution in [-0.4, -0.2) is 21.8 Å². The van der Waals surface area contributed by atoms with Crippen LogP contribution in [-0.2, 0) is 11.3 Å². The van der Waals surface area contributed by atoms with Crippen LogP contribution in [0.15, 0.2) is 48.5 Å². The van der Waals surface area contributed by atoms with Crippen LogP contribution in [0.2, 0.25) is 10.0 Å². The molecule has 0 saturated carbocycles. The molecule has 1 atom stereocenters. The van der Waals surface area contributed by atoms with Gasteiger partial charge in [0.1, 0.15) is 5.75 Å². The Hall–Kier alpha value is -2.50. The first-order chi connectivity index (χ1) is 13.4. The molecule has 0 radical (unpaired) electrons. The van der Waals surface area contributed by atoms with Crippen molar-refractivity contribution in [2.75, 3.05) is 0 Å². The summed E-state index contributed by atoms with van der Waals surface area (Å²) in [5.41, 5.74) is 3.82. The zero-order valence-corrected chi connectivity index (χ0v) is 17.4. The number of benzene rings is 2. The number of aryl methyl sites for hydroxylation is 1. The molecule has 0 aliphatic heterocycles. The summed E-state index contributed by atoms with van der Waals surface area (Å²) in [5.74, 6) is 0.176. The van der Waals surface area contributed by atoms with Crippen molar-refractivity contribution in [3.8, 4) is 11.4 Å². The Morgan fingerprint density at radius 2 is 1.89 bits per heavy atom. The third kappa shape index (κ3) is 4.49. The van der Waals surface area contributed by atoms with Gasteiger partial charge in [0.25, 0.3) is 5.91 Å². The first-order valence-corrected chi connectivity index (χ1v) is 9.62. The van der Waals surface area contributed by atoms with Crippen LogP contribution in [0.25, 0.3) is 5.69 Å². The Bertz CT molecular complexity index is 987. The van der Waals surface area contributed by atoms with E-state index in [1.165, 1.54) is 0 Å². The first-order valence-electron chi connectivity index (χ1n) is 8.86. The third-order valence-corrected chi connectivity index (χ3v) is 4.98. The monoisotopic (exact) mass is 417 g/mol. The molecular formula is C21H21Cl2N3O2. The second kappa shape index (κ2) is 8.67. The van der Waals surface area contributed by atoms with E-state index in [-0.39, 0.29) is 5.91 Å². The lowest BCUT2D eigenvalue weighted by atomic mass is 10.2. The lowest BCUT2D eigenvalue weighted by molar-refractivity contribution is -0.127. The van der Waals surface area contributed by atoms with Crippen molar-refractivity contribution in [1.29, 1.82) is 0 Å². The summed E-state index contributed by atoms with van der Waals surface area (Å²) < 4.78 is 7.54. The highest BCUT2D eigenvalue weighted by Crippen LogP contribution is 2.28. The summed E-state index contributed by atoms with van der Waals surface area (Å²) in [6.45, 7) is 5.96. The number of nitrogens with zero attached hydrogens (tertiary/aromatic N) is 2. The fourth-order valence-corrected chi connectivity index (χ4v) is 3.34. The van der Waals surface area contributed by atoms with Crippen LogP contribution in [0, 0.1) is 13.8 Å². The van der Waals surface area contributed by atoms with Gasteiger partial charge in [0, 0.05) is 22.8 Å².